The summed E-state index contributed by atoms with van der Waals surface area (Å²) >= 11 is 0. The van der Waals surface area contributed by atoms with E-state index >= 15 is 0 Å². The van der Waals surface area contributed by atoms with Gasteiger partial charge in [-0.2, -0.15) is 0 Å². The van der Waals surface area contributed by atoms with Crippen molar-refractivity contribution in [2.24, 2.45) is 0 Å². The van der Waals surface area contributed by atoms with Gasteiger partial charge in [-0.3, -0.25) is 0 Å². The Kier molecular flexibility index (Phi) is 14.0. The lowest BCUT2D eigenvalue weighted by Gasteiger charge is -2.45. The van der Waals surface area contributed by atoms with Crippen molar-refractivity contribution in [2.45, 2.75) is 76.8 Å². The Balaban J connectivity index is 1.05. The third kappa shape index (κ3) is 11.6. The molecule has 0 aliphatic carbocycles. The molecule has 0 saturated carbocycles. The van der Waals surface area contributed by atoms with Crippen molar-refractivity contribution in [3.05, 3.63) is 203 Å². The fourth-order valence-corrected chi connectivity index (χ4v) is 6.97. The van der Waals surface area contributed by atoms with Crippen LogP contribution in [0.1, 0.15) is 39.2 Å². The van der Waals surface area contributed by atoms with E-state index in [1.165, 1.54) is 0 Å². The van der Waals surface area contributed by atoms with Crippen molar-refractivity contribution in [3.63, 3.8) is 0 Å². The summed E-state index contributed by atoms with van der Waals surface area (Å²) in [4.78, 5) is 0. The van der Waals surface area contributed by atoms with Gasteiger partial charge in [0.1, 0.15) is 35.8 Å². The predicted octanol–water partition coefficient (Wildman–Crippen LogP) is 7.18. The molecule has 0 amide bonds. The van der Waals surface area contributed by atoms with Crippen LogP contribution in [0.4, 0.5) is 0 Å². The van der Waals surface area contributed by atoms with E-state index in [1.54, 1.807) is 9.36 Å². The molecule has 0 bridgehead atoms. The molecule has 1 aliphatic rings. The number of rotatable bonds is 20. The van der Waals surface area contributed by atoms with E-state index in [2.05, 4.69) is 44.9 Å². The van der Waals surface area contributed by atoms with Crippen LogP contribution in [0.3, 0.4) is 0 Å². The number of benzene rings is 5. The lowest BCUT2D eigenvalue weighted by molar-refractivity contribution is -0.331. The second-order valence-electron chi connectivity index (χ2n) is 14.4. The standard InChI is InChI=1S/C47H48N6O6/c1-6-16-36(17-7-1)26-52-28-41(48-50-52)33-54-35-43-44(55-30-38-20-10-3-11-21-38)45(56-31-39-22-12-4-13-23-39)46(57-32-40-24-14-5-15-25-40)47(59-43)58-34-42-29-53(51-49-42)27-37-18-8-2-9-19-37/h1-25,28-29,43-47H,26-27,30-35H2/t43-,44-,45+,46-,47+/m1/s1. The van der Waals surface area contributed by atoms with E-state index in [9.17, 15) is 0 Å². The van der Waals surface area contributed by atoms with Gasteiger partial charge in [0.05, 0.1) is 65.1 Å². The third-order valence-corrected chi connectivity index (χ3v) is 9.92. The monoisotopic (exact) mass is 792 g/mol. The van der Waals surface area contributed by atoms with Crippen LogP contribution >= 0.6 is 0 Å². The Bertz CT molecular complexity index is 2240. The van der Waals surface area contributed by atoms with Crippen molar-refractivity contribution in [3.8, 4) is 0 Å². The van der Waals surface area contributed by atoms with Gasteiger partial charge in [-0.05, 0) is 27.8 Å². The number of hydrogen-bond donors (Lipinski definition) is 0. The zero-order valence-corrected chi connectivity index (χ0v) is 32.8. The number of aromatic nitrogens is 6. The molecular formula is C47H48N6O6. The average molecular weight is 793 g/mol. The average Bonchev–Trinajstić information content (AvgIpc) is 3.94. The van der Waals surface area contributed by atoms with Crippen molar-refractivity contribution >= 4 is 0 Å². The zero-order chi connectivity index (χ0) is 39.9. The molecule has 5 aromatic carbocycles. The summed E-state index contributed by atoms with van der Waals surface area (Å²) in [7, 11) is 0. The molecule has 1 saturated heterocycles. The molecule has 5 atom stereocenters. The van der Waals surface area contributed by atoms with Crippen LogP contribution < -0.4 is 0 Å². The van der Waals surface area contributed by atoms with Gasteiger partial charge in [0.15, 0.2) is 6.29 Å². The highest BCUT2D eigenvalue weighted by Crippen LogP contribution is 2.32. The van der Waals surface area contributed by atoms with Crippen molar-refractivity contribution in [1.29, 1.82) is 0 Å². The summed E-state index contributed by atoms with van der Waals surface area (Å²) in [5.41, 5.74) is 6.65. The maximum atomic E-state index is 6.86. The fourth-order valence-electron chi connectivity index (χ4n) is 6.97. The van der Waals surface area contributed by atoms with Crippen LogP contribution in [0.5, 0.6) is 0 Å². The quantitative estimate of drug-likeness (QED) is 0.0786. The van der Waals surface area contributed by atoms with Crippen LogP contribution in [0.25, 0.3) is 0 Å². The Morgan fingerprint density at radius 2 is 0.831 bits per heavy atom. The van der Waals surface area contributed by atoms with Gasteiger partial charge in [0.2, 0.25) is 0 Å². The lowest BCUT2D eigenvalue weighted by atomic mass is 9.97. The molecule has 59 heavy (non-hydrogen) atoms. The molecule has 0 N–H and O–H groups in total. The Hall–Kier alpha value is -5.86. The van der Waals surface area contributed by atoms with Gasteiger partial charge in [-0.25, -0.2) is 9.36 Å². The van der Waals surface area contributed by atoms with Crippen molar-refractivity contribution in [2.75, 3.05) is 6.61 Å². The Morgan fingerprint density at radius 3 is 1.31 bits per heavy atom. The van der Waals surface area contributed by atoms with Gasteiger partial charge in [0.25, 0.3) is 0 Å². The summed E-state index contributed by atoms with van der Waals surface area (Å²) in [5, 5.41) is 17.5. The molecular weight excluding hydrogens is 745 g/mol. The highest BCUT2D eigenvalue weighted by atomic mass is 16.7. The topological polar surface area (TPSA) is 117 Å². The van der Waals surface area contributed by atoms with E-state index in [0.717, 1.165) is 27.8 Å². The van der Waals surface area contributed by atoms with E-state index in [0.29, 0.717) is 44.3 Å². The Morgan fingerprint density at radius 1 is 0.424 bits per heavy atom. The van der Waals surface area contributed by atoms with Crippen LogP contribution in [0, 0.1) is 0 Å². The fraction of sp³-hybridized carbons (Fsp3) is 0.277. The van der Waals surface area contributed by atoms with Crippen LogP contribution in [0.15, 0.2) is 164 Å². The van der Waals surface area contributed by atoms with Crippen LogP contribution in [-0.2, 0) is 74.5 Å². The Labute approximate surface area is 344 Å². The van der Waals surface area contributed by atoms with Gasteiger partial charge in [0, 0.05) is 0 Å². The second kappa shape index (κ2) is 20.7. The normalized spacial score (nSPS) is 19.2. The molecule has 8 rings (SSSR count). The molecule has 3 heterocycles. The summed E-state index contributed by atoms with van der Waals surface area (Å²) in [6.45, 7) is 2.66. The first-order valence-corrected chi connectivity index (χ1v) is 19.9. The molecule has 2 aromatic heterocycles. The molecule has 0 unspecified atom stereocenters. The second-order valence-corrected chi connectivity index (χ2v) is 14.4. The number of nitrogens with zero attached hydrogens (tertiary/aromatic N) is 6. The minimum atomic E-state index is -0.879. The molecule has 1 fully saturated rings. The summed E-state index contributed by atoms with van der Waals surface area (Å²) in [6.07, 6.45) is 0.346. The minimum absolute atomic E-state index is 0.129. The smallest absolute Gasteiger partial charge is 0.187 e. The van der Waals surface area contributed by atoms with Gasteiger partial charge < -0.3 is 28.4 Å². The molecule has 1 aliphatic heterocycles. The van der Waals surface area contributed by atoms with Gasteiger partial charge >= 0.3 is 0 Å². The molecule has 0 radical (unpaired) electrons. The predicted molar refractivity (Wildman–Crippen MR) is 219 cm³/mol. The van der Waals surface area contributed by atoms with E-state index < -0.39 is 30.7 Å². The highest BCUT2D eigenvalue weighted by Gasteiger charge is 2.49. The van der Waals surface area contributed by atoms with E-state index in [1.807, 2.05) is 140 Å². The third-order valence-electron chi connectivity index (χ3n) is 9.92. The maximum absolute atomic E-state index is 6.86. The van der Waals surface area contributed by atoms with Crippen LogP contribution in [0.2, 0.25) is 0 Å². The number of hydrogen-bond acceptors (Lipinski definition) is 10. The first-order valence-electron chi connectivity index (χ1n) is 19.9. The lowest BCUT2D eigenvalue weighted by Crippen LogP contribution is -2.61. The highest BCUT2D eigenvalue weighted by molar-refractivity contribution is 5.18. The van der Waals surface area contributed by atoms with Crippen LogP contribution in [-0.4, -0.2) is 67.3 Å². The number of ether oxygens (including phenoxy) is 6. The molecule has 7 aromatic rings. The molecule has 12 heteroatoms. The van der Waals surface area contributed by atoms with E-state index in [4.69, 9.17) is 28.4 Å². The molecule has 302 valence electrons. The molecule has 0 spiro atoms. The molecule has 12 nitrogen and oxygen atoms in total. The maximum Gasteiger partial charge on any atom is 0.187 e. The summed E-state index contributed by atoms with van der Waals surface area (Å²) in [5.74, 6) is 0. The zero-order valence-electron chi connectivity index (χ0n) is 32.8. The van der Waals surface area contributed by atoms with Gasteiger partial charge in [-0.15, -0.1) is 10.2 Å². The van der Waals surface area contributed by atoms with Crippen molar-refractivity contribution in [1.82, 2.24) is 30.0 Å². The SMILES string of the molecule is c1ccc(CO[C@@H]2[C@@H](OCc3ccccc3)[C@@H](OCc3cn(Cc4ccccc4)nn3)O[C@H](COCc3cn(Cc4ccccc4)nn3)[C@H]2OCc2ccccc2)cc1. The first-order chi connectivity index (χ1) is 29.2. The van der Waals surface area contributed by atoms with Gasteiger partial charge in [-0.1, -0.05) is 162 Å². The summed E-state index contributed by atoms with van der Waals surface area (Å²) in [6, 6.07) is 50.4. The largest absolute Gasteiger partial charge is 0.372 e. The first kappa shape index (κ1) is 39.9. The minimum Gasteiger partial charge on any atom is -0.372 e. The van der Waals surface area contributed by atoms with Crippen molar-refractivity contribution < 1.29 is 28.4 Å². The van der Waals surface area contributed by atoms with E-state index in [-0.39, 0.29) is 19.8 Å². The summed E-state index contributed by atoms with van der Waals surface area (Å²) < 4.78 is 43.8.